The van der Waals surface area contributed by atoms with Crippen molar-refractivity contribution in [1.29, 1.82) is 0 Å². The fraction of sp³-hybridized carbons (Fsp3) is 0.176. The first-order chi connectivity index (χ1) is 22.2. The number of aromatic amines is 1. The van der Waals surface area contributed by atoms with Crippen molar-refractivity contribution in [2.75, 3.05) is 6.54 Å². The van der Waals surface area contributed by atoms with E-state index >= 15 is 0 Å². The van der Waals surface area contributed by atoms with Crippen molar-refractivity contribution in [3.63, 3.8) is 0 Å². The molecule has 47 heavy (non-hydrogen) atoms. The Balaban J connectivity index is 1.50. The van der Waals surface area contributed by atoms with Gasteiger partial charge in [-0.25, -0.2) is 0 Å². The van der Waals surface area contributed by atoms with Crippen LogP contribution in [0.3, 0.4) is 0 Å². The van der Waals surface area contributed by atoms with Crippen LogP contribution in [0.25, 0.3) is 22.0 Å². The summed E-state index contributed by atoms with van der Waals surface area (Å²) in [6.07, 6.45) is -7.90. The SMILES string of the molecule is O=C(O)CCNC(=O)c1ccc(CC(c2cccc(-c3ccc(OC(F)(F)F)cc3)c2)c2c[nH]c3ccc(OC(F)(F)F)cc23)cc1. The number of H-pyrrole nitrogens is 1. The molecule has 5 aromatic rings. The predicted octanol–water partition coefficient (Wildman–Crippen LogP) is 8.21. The molecule has 1 heterocycles. The first kappa shape index (κ1) is 32.9. The number of aliphatic carboxylic acids is 1. The van der Waals surface area contributed by atoms with Gasteiger partial charge in [-0.15, -0.1) is 26.3 Å². The van der Waals surface area contributed by atoms with E-state index in [0.717, 1.165) is 11.1 Å². The topological polar surface area (TPSA) is 101 Å². The molecular weight excluding hydrogens is 630 g/mol. The Morgan fingerprint density at radius 2 is 1.45 bits per heavy atom. The van der Waals surface area contributed by atoms with Gasteiger partial charge >= 0.3 is 18.7 Å². The van der Waals surface area contributed by atoms with Gasteiger partial charge in [0.2, 0.25) is 0 Å². The second-order valence-electron chi connectivity index (χ2n) is 10.6. The third kappa shape index (κ3) is 8.84. The number of carboxylic acid groups (broad SMARTS) is 1. The maximum atomic E-state index is 13.0. The molecule has 0 saturated heterocycles. The van der Waals surface area contributed by atoms with Crippen molar-refractivity contribution >= 4 is 22.8 Å². The molecule has 1 aromatic heterocycles. The lowest BCUT2D eigenvalue weighted by atomic mass is 9.84. The first-order valence-electron chi connectivity index (χ1n) is 14.2. The second-order valence-corrected chi connectivity index (χ2v) is 10.6. The van der Waals surface area contributed by atoms with E-state index in [-0.39, 0.29) is 18.7 Å². The predicted molar refractivity (Wildman–Crippen MR) is 160 cm³/mol. The molecule has 0 aliphatic rings. The molecule has 13 heteroatoms. The summed E-state index contributed by atoms with van der Waals surface area (Å²) in [5, 5.41) is 11.8. The van der Waals surface area contributed by atoms with Crippen LogP contribution < -0.4 is 14.8 Å². The van der Waals surface area contributed by atoms with Gasteiger partial charge in [0.15, 0.2) is 0 Å². The third-order valence-electron chi connectivity index (χ3n) is 7.28. The van der Waals surface area contributed by atoms with E-state index in [2.05, 4.69) is 19.8 Å². The summed E-state index contributed by atoms with van der Waals surface area (Å²) in [6, 6.07) is 23.3. The van der Waals surface area contributed by atoms with Crippen LogP contribution in [0, 0.1) is 0 Å². The van der Waals surface area contributed by atoms with Gasteiger partial charge in [0.1, 0.15) is 11.5 Å². The number of rotatable bonds is 11. The molecule has 0 fully saturated rings. The smallest absolute Gasteiger partial charge is 0.481 e. The molecule has 244 valence electrons. The Morgan fingerprint density at radius 3 is 2.11 bits per heavy atom. The fourth-order valence-corrected chi connectivity index (χ4v) is 5.21. The lowest BCUT2D eigenvalue weighted by molar-refractivity contribution is -0.275. The average Bonchev–Trinajstić information content (AvgIpc) is 3.41. The van der Waals surface area contributed by atoms with Gasteiger partial charge in [-0.3, -0.25) is 9.59 Å². The summed E-state index contributed by atoms with van der Waals surface area (Å²) < 4.78 is 85.2. The van der Waals surface area contributed by atoms with Crippen LogP contribution in [0.1, 0.15) is 39.4 Å². The van der Waals surface area contributed by atoms with E-state index in [1.807, 2.05) is 12.1 Å². The van der Waals surface area contributed by atoms with Crippen molar-refractivity contribution in [2.24, 2.45) is 0 Å². The summed E-state index contributed by atoms with van der Waals surface area (Å²) >= 11 is 0. The Morgan fingerprint density at radius 1 is 0.787 bits per heavy atom. The number of aromatic nitrogens is 1. The number of halogens is 6. The van der Waals surface area contributed by atoms with Crippen molar-refractivity contribution in [3.05, 3.63) is 119 Å². The lowest BCUT2D eigenvalue weighted by Gasteiger charge is -2.19. The molecule has 0 radical (unpaired) electrons. The van der Waals surface area contributed by atoms with E-state index in [9.17, 15) is 35.9 Å². The van der Waals surface area contributed by atoms with E-state index in [0.29, 0.717) is 39.6 Å². The van der Waals surface area contributed by atoms with Gasteiger partial charge in [0.05, 0.1) is 6.42 Å². The van der Waals surface area contributed by atoms with Crippen molar-refractivity contribution in [1.82, 2.24) is 10.3 Å². The molecule has 0 bridgehead atoms. The summed E-state index contributed by atoms with van der Waals surface area (Å²) in [4.78, 5) is 26.3. The Kier molecular flexibility index (Phi) is 9.45. The number of carbonyl (C=O) groups is 2. The number of benzene rings is 4. The molecule has 0 aliphatic heterocycles. The zero-order valence-corrected chi connectivity index (χ0v) is 24.3. The molecule has 7 nitrogen and oxygen atoms in total. The van der Waals surface area contributed by atoms with Crippen LogP contribution >= 0.6 is 0 Å². The average molecular weight is 657 g/mol. The molecule has 0 spiro atoms. The molecular formula is C34H26F6N2O5. The van der Waals surface area contributed by atoms with Gasteiger partial charge < -0.3 is 24.9 Å². The molecule has 5 rings (SSSR count). The van der Waals surface area contributed by atoms with Gasteiger partial charge in [0, 0.05) is 35.1 Å². The van der Waals surface area contributed by atoms with Crippen molar-refractivity contribution in [3.8, 4) is 22.6 Å². The van der Waals surface area contributed by atoms with Crippen LogP contribution in [0.5, 0.6) is 11.5 Å². The van der Waals surface area contributed by atoms with Gasteiger partial charge in [-0.2, -0.15) is 0 Å². The van der Waals surface area contributed by atoms with Crippen LogP contribution in [0.15, 0.2) is 97.2 Å². The first-order valence-corrected chi connectivity index (χ1v) is 14.2. The van der Waals surface area contributed by atoms with Crippen molar-refractivity contribution < 1.29 is 50.5 Å². The molecule has 1 unspecified atom stereocenters. The third-order valence-corrected chi connectivity index (χ3v) is 7.28. The van der Waals surface area contributed by atoms with Crippen LogP contribution in [-0.4, -0.2) is 41.2 Å². The Hall–Kier alpha value is -5.46. The van der Waals surface area contributed by atoms with E-state index in [4.69, 9.17) is 5.11 Å². The highest BCUT2D eigenvalue weighted by Gasteiger charge is 2.32. The molecule has 0 aliphatic carbocycles. The quantitative estimate of drug-likeness (QED) is 0.125. The van der Waals surface area contributed by atoms with Gasteiger partial charge in [0.25, 0.3) is 5.91 Å². The summed E-state index contributed by atoms with van der Waals surface area (Å²) in [5.41, 5.74) is 4.39. The summed E-state index contributed by atoms with van der Waals surface area (Å²) in [7, 11) is 0. The molecule has 0 saturated carbocycles. The maximum Gasteiger partial charge on any atom is 0.573 e. The summed E-state index contributed by atoms with van der Waals surface area (Å²) in [6.45, 7) is -0.0347. The van der Waals surface area contributed by atoms with Crippen LogP contribution in [-0.2, 0) is 11.2 Å². The standard InChI is InChI=1S/C34H26F6N2O5/c35-33(36,37)46-25-10-8-21(9-11-25)23-2-1-3-24(17-23)27(16-20-4-6-22(7-5-20)32(45)41-15-14-31(43)44)29-19-42-30-13-12-26(18-28(29)30)47-34(38,39)40/h1-13,17-19,27,42H,14-16H2,(H,41,45)(H,43,44). The maximum absolute atomic E-state index is 13.0. The zero-order valence-electron chi connectivity index (χ0n) is 24.3. The summed E-state index contributed by atoms with van der Waals surface area (Å²) in [5.74, 6) is -2.68. The van der Waals surface area contributed by atoms with Crippen LogP contribution in [0.4, 0.5) is 26.3 Å². The highest BCUT2D eigenvalue weighted by atomic mass is 19.4. The van der Waals surface area contributed by atoms with Crippen molar-refractivity contribution in [2.45, 2.75) is 31.5 Å². The lowest BCUT2D eigenvalue weighted by Crippen LogP contribution is -2.25. The number of carboxylic acids is 1. The number of hydrogen-bond donors (Lipinski definition) is 3. The normalized spacial score (nSPS) is 12.5. The minimum Gasteiger partial charge on any atom is -0.481 e. The monoisotopic (exact) mass is 656 g/mol. The second kappa shape index (κ2) is 13.5. The van der Waals surface area contributed by atoms with E-state index in [1.165, 1.54) is 42.5 Å². The van der Waals surface area contributed by atoms with E-state index in [1.54, 1.807) is 42.6 Å². The number of nitrogens with one attached hydrogen (secondary N) is 2. The molecule has 1 atom stereocenters. The number of alkyl halides is 6. The number of amides is 1. The number of hydrogen-bond acceptors (Lipinski definition) is 4. The molecule has 3 N–H and O–H groups in total. The zero-order chi connectivity index (χ0) is 33.8. The highest BCUT2D eigenvalue weighted by molar-refractivity contribution is 5.94. The Labute approximate surface area is 263 Å². The highest BCUT2D eigenvalue weighted by Crippen LogP contribution is 2.38. The molecule has 4 aromatic carbocycles. The number of fused-ring (bicyclic) bond motifs is 1. The minimum atomic E-state index is -4.89. The van der Waals surface area contributed by atoms with Crippen LogP contribution in [0.2, 0.25) is 0 Å². The van der Waals surface area contributed by atoms with Gasteiger partial charge in [-0.05, 0) is 76.7 Å². The minimum absolute atomic E-state index is 0.0347. The molecule has 1 amide bonds. The van der Waals surface area contributed by atoms with Gasteiger partial charge in [-0.1, -0.05) is 48.5 Å². The fourth-order valence-electron chi connectivity index (χ4n) is 5.21. The number of carbonyl (C=O) groups excluding carboxylic acids is 1. The number of ether oxygens (including phenoxy) is 2. The Bertz CT molecular complexity index is 1870. The largest absolute Gasteiger partial charge is 0.573 e. The van der Waals surface area contributed by atoms with E-state index < -0.39 is 36.3 Å².